The van der Waals surface area contributed by atoms with E-state index in [9.17, 15) is 0 Å². The van der Waals surface area contributed by atoms with Crippen molar-refractivity contribution >= 4 is 16.5 Å². The van der Waals surface area contributed by atoms with Gasteiger partial charge < -0.3 is 5.73 Å². The maximum atomic E-state index is 5.41. The first-order chi connectivity index (χ1) is 4.83. The van der Waals surface area contributed by atoms with E-state index >= 15 is 0 Å². The van der Waals surface area contributed by atoms with Crippen molar-refractivity contribution in [1.82, 2.24) is 4.98 Å². The lowest BCUT2D eigenvalue weighted by atomic mass is 10.4. The van der Waals surface area contributed by atoms with Crippen LogP contribution in [-0.4, -0.2) is 4.98 Å². The lowest BCUT2D eigenvalue weighted by Crippen LogP contribution is -1.77. The van der Waals surface area contributed by atoms with E-state index in [4.69, 9.17) is 5.73 Å². The number of nitrogens with zero attached hydrogens (tertiary/aromatic N) is 1. The van der Waals surface area contributed by atoms with Gasteiger partial charge in [-0.05, 0) is 6.92 Å². The third kappa shape index (κ3) is 1.74. The third-order valence-corrected chi connectivity index (χ3v) is 1.84. The number of nitrogens with two attached hydrogens (primary N) is 1. The Balaban J connectivity index is 2.64. The van der Waals surface area contributed by atoms with Crippen molar-refractivity contribution < 1.29 is 0 Å². The van der Waals surface area contributed by atoms with Crippen LogP contribution in [0.5, 0.6) is 0 Å². The summed E-state index contributed by atoms with van der Waals surface area (Å²) in [6.45, 7) is 1.82. The number of rotatable bonds is 1. The molecule has 1 rings (SSSR count). The van der Waals surface area contributed by atoms with E-state index in [1.165, 1.54) is 11.3 Å². The maximum Gasteiger partial charge on any atom is 0.180 e. The monoisotopic (exact) mass is 152 g/mol. The van der Waals surface area contributed by atoms with Crippen LogP contribution in [0.3, 0.4) is 0 Å². The second-order valence-corrected chi connectivity index (χ2v) is 2.92. The summed E-state index contributed by atoms with van der Waals surface area (Å²) in [6, 6.07) is 0. The molecule has 2 N–H and O–H groups in total. The highest BCUT2D eigenvalue weighted by atomic mass is 32.1. The molecule has 1 aromatic heterocycles. The summed E-state index contributed by atoms with van der Waals surface area (Å²) in [5, 5.41) is 0.618. The Labute approximate surface area is 64.1 Å². The van der Waals surface area contributed by atoms with Gasteiger partial charge in [0, 0.05) is 17.5 Å². The second-order valence-electron chi connectivity index (χ2n) is 1.77. The zero-order chi connectivity index (χ0) is 7.40. The minimum atomic E-state index is 0.618. The lowest BCUT2D eigenvalue weighted by molar-refractivity contribution is 1.33. The Bertz CT molecular complexity index is 267. The van der Waals surface area contributed by atoms with Gasteiger partial charge in [0.15, 0.2) is 5.13 Å². The smallest absolute Gasteiger partial charge is 0.180 e. The van der Waals surface area contributed by atoms with Crippen molar-refractivity contribution in [3.05, 3.63) is 11.1 Å². The third-order valence-electron chi connectivity index (χ3n) is 1.01. The Kier molecular flexibility index (Phi) is 2.30. The molecule has 0 saturated heterocycles. The van der Waals surface area contributed by atoms with Gasteiger partial charge in [-0.1, -0.05) is 5.92 Å². The Morgan fingerprint density at radius 3 is 3.10 bits per heavy atom. The highest BCUT2D eigenvalue weighted by Gasteiger charge is 1.93. The van der Waals surface area contributed by atoms with E-state index in [0.717, 1.165) is 11.3 Å². The molecular weight excluding hydrogens is 144 g/mol. The van der Waals surface area contributed by atoms with E-state index < -0.39 is 0 Å². The molecule has 1 aromatic rings. The number of aromatic nitrogens is 1. The van der Waals surface area contributed by atoms with Crippen LogP contribution in [0.25, 0.3) is 0 Å². The fraction of sp³-hybridized carbons (Fsp3) is 0.286. The average molecular weight is 152 g/mol. The molecule has 0 bridgehead atoms. The van der Waals surface area contributed by atoms with Crippen molar-refractivity contribution in [1.29, 1.82) is 0 Å². The van der Waals surface area contributed by atoms with E-state index in [0.29, 0.717) is 5.13 Å². The molecule has 2 nitrogen and oxygen atoms in total. The average Bonchev–Trinajstić information content (AvgIpc) is 2.31. The minimum Gasteiger partial charge on any atom is -0.375 e. The molecule has 0 spiro atoms. The minimum absolute atomic E-state index is 0.618. The summed E-state index contributed by atoms with van der Waals surface area (Å²) in [5.41, 5.74) is 5.41. The van der Waals surface area contributed by atoms with Crippen LogP contribution in [0.2, 0.25) is 0 Å². The number of hydrogen-bond acceptors (Lipinski definition) is 3. The first-order valence-corrected chi connectivity index (χ1v) is 3.74. The zero-order valence-electron chi connectivity index (χ0n) is 5.72. The van der Waals surface area contributed by atoms with Gasteiger partial charge >= 0.3 is 0 Å². The van der Waals surface area contributed by atoms with Gasteiger partial charge in [-0.25, -0.2) is 4.98 Å². The van der Waals surface area contributed by atoms with Crippen LogP contribution in [0.4, 0.5) is 5.13 Å². The molecule has 0 aliphatic carbocycles. The molecule has 0 saturated carbocycles. The Hall–Kier alpha value is -1.01. The predicted octanol–water partition coefficient (Wildman–Crippen LogP) is 1.29. The highest BCUT2D eigenvalue weighted by Crippen LogP contribution is 2.13. The molecule has 0 atom stereocenters. The highest BCUT2D eigenvalue weighted by molar-refractivity contribution is 7.15. The topological polar surface area (TPSA) is 38.9 Å². The van der Waals surface area contributed by atoms with Gasteiger partial charge in [0.25, 0.3) is 0 Å². The molecule has 0 unspecified atom stereocenters. The van der Waals surface area contributed by atoms with Crippen LogP contribution < -0.4 is 5.73 Å². The molecule has 3 heteroatoms. The second kappa shape index (κ2) is 3.23. The van der Waals surface area contributed by atoms with E-state index in [1.54, 1.807) is 6.20 Å². The lowest BCUT2D eigenvalue weighted by Gasteiger charge is -1.79. The standard InChI is InChI=1S/C7H8N2S/c1-2-3-4-6-5-9-7(8)10-6/h5H,4H2,1H3,(H2,8,9). The van der Waals surface area contributed by atoms with E-state index in [1.807, 2.05) is 6.92 Å². The number of hydrogen-bond donors (Lipinski definition) is 1. The molecule has 0 aliphatic heterocycles. The van der Waals surface area contributed by atoms with Crippen LogP contribution in [0.1, 0.15) is 11.8 Å². The van der Waals surface area contributed by atoms with Crippen molar-refractivity contribution in [2.45, 2.75) is 13.3 Å². The van der Waals surface area contributed by atoms with Gasteiger partial charge in [0.2, 0.25) is 0 Å². The molecule has 0 amide bonds. The zero-order valence-corrected chi connectivity index (χ0v) is 6.53. The number of thiazole rings is 1. The van der Waals surface area contributed by atoms with Gasteiger partial charge in [-0.2, -0.15) is 0 Å². The Morgan fingerprint density at radius 2 is 2.60 bits per heavy atom. The molecule has 0 fully saturated rings. The Morgan fingerprint density at radius 1 is 1.80 bits per heavy atom. The fourth-order valence-electron chi connectivity index (χ4n) is 0.580. The first-order valence-electron chi connectivity index (χ1n) is 2.92. The van der Waals surface area contributed by atoms with Crippen molar-refractivity contribution in [2.75, 3.05) is 5.73 Å². The van der Waals surface area contributed by atoms with Crippen LogP contribution in [0.15, 0.2) is 6.20 Å². The molecule has 1 heterocycles. The maximum absolute atomic E-state index is 5.41. The summed E-state index contributed by atoms with van der Waals surface area (Å²) in [4.78, 5) is 5.03. The van der Waals surface area contributed by atoms with E-state index in [-0.39, 0.29) is 0 Å². The fourth-order valence-corrected chi connectivity index (χ4v) is 1.20. The molecule has 10 heavy (non-hydrogen) atoms. The number of anilines is 1. The molecule has 0 aromatic carbocycles. The van der Waals surface area contributed by atoms with Crippen LogP contribution in [0, 0.1) is 11.8 Å². The van der Waals surface area contributed by atoms with Crippen LogP contribution in [-0.2, 0) is 6.42 Å². The summed E-state index contributed by atoms with van der Waals surface area (Å²) in [7, 11) is 0. The summed E-state index contributed by atoms with van der Waals surface area (Å²) < 4.78 is 0. The van der Waals surface area contributed by atoms with Crippen LogP contribution >= 0.6 is 11.3 Å². The summed E-state index contributed by atoms with van der Waals surface area (Å²) in [5.74, 6) is 5.76. The van der Waals surface area contributed by atoms with Crippen molar-refractivity contribution in [3.63, 3.8) is 0 Å². The summed E-state index contributed by atoms with van der Waals surface area (Å²) >= 11 is 1.49. The normalized spacial score (nSPS) is 8.50. The SMILES string of the molecule is CC#CCc1cnc(N)s1. The molecular formula is C7H8N2S. The van der Waals surface area contributed by atoms with Gasteiger partial charge in [0.1, 0.15) is 0 Å². The van der Waals surface area contributed by atoms with E-state index in [2.05, 4.69) is 16.8 Å². The van der Waals surface area contributed by atoms with Gasteiger partial charge in [-0.3, -0.25) is 0 Å². The van der Waals surface area contributed by atoms with Gasteiger partial charge in [0.05, 0.1) is 0 Å². The number of nitrogen functional groups attached to an aromatic ring is 1. The molecule has 0 radical (unpaired) electrons. The molecule has 0 aliphatic rings. The van der Waals surface area contributed by atoms with Crippen molar-refractivity contribution in [3.8, 4) is 11.8 Å². The van der Waals surface area contributed by atoms with Gasteiger partial charge in [-0.15, -0.1) is 17.3 Å². The predicted molar refractivity (Wildman–Crippen MR) is 43.7 cm³/mol. The van der Waals surface area contributed by atoms with Crippen molar-refractivity contribution in [2.24, 2.45) is 0 Å². The quantitative estimate of drug-likeness (QED) is 0.616. The largest absolute Gasteiger partial charge is 0.375 e. The summed E-state index contributed by atoms with van der Waals surface area (Å²) in [6.07, 6.45) is 2.54. The first kappa shape index (κ1) is 7.10. The molecule has 52 valence electrons.